The Morgan fingerprint density at radius 3 is 2.71 bits per heavy atom. The lowest BCUT2D eigenvalue weighted by atomic mass is 10.0. The Morgan fingerprint density at radius 1 is 1.35 bits per heavy atom. The zero-order chi connectivity index (χ0) is 12.6. The fourth-order valence-corrected chi connectivity index (χ4v) is 1.76. The molecule has 0 radical (unpaired) electrons. The Balaban J connectivity index is 2.56. The maximum Gasteiger partial charge on any atom is 0.299 e. The third-order valence-electron chi connectivity index (χ3n) is 2.59. The molecule has 2 amide bonds. The maximum atomic E-state index is 11.7. The number of hydrogen-bond donors (Lipinski definition) is 1. The molecule has 1 aliphatic rings. The molecule has 0 saturated heterocycles. The Hall–Kier alpha value is -2.43. The van der Waals surface area contributed by atoms with Crippen molar-refractivity contribution in [3.63, 3.8) is 0 Å². The van der Waals surface area contributed by atoms with E-state index in [1.54, 1.807) is 18.2 Å². The normalized spacial score (nSPS) is 14.5. The molecule has 0 aliphatic carbocycles. The van der Waals surface area contributed by atoms with E-state index in [0.29, 0.717) is 16.8 Å². The molecule has 0 unspecified atom stereocenters. The Kier molecular flexibility index (Phi) is 2.51. The molecule has 0 spiro atoms. The van der Waals surface area contributed by atoms with Crippen molar-refractivity contribution in [3.8, 4) is 0 Å². The Bertz CT molecular complexity index is 561. The minimum Gasteiger partial charge on any atom is -0.366 e. The zero-order valence-electron chi connectivity index (χ0n) is 9.14. The number of carbonyl (C=O) groups is 3. The van der Waals surface area contributed by atoms with Crippen molar-refractivity contribution in [1.82, 2.24) is 0 Å². The van der Waals surface area contributed by atoms with E-state index in [4.69, 9.17) is 5.73 Å². The number of ketones is 1. The number of hydrogen-bond acceptors (Lipinski definition) is 3. The van der Waals surface area contributed by atoms with Gasteiger partial charge < -0.3 is 10.6 Å². The number of amides is 2. The van der Waals surface area contributed by atoms with Crippen molar-refractivity contribution >= 4 is 29.4 Å². The maximum absolute atomic E-state index is 11.7. The van der Waals surface area contributed by atoms with Crippen LogP contribution in [0.4, 0.5) is 5.69 Å². The summed E-state index contributed by atoms with van der Waals surface area (Å²) in [5.41, 5.74) is 6.37. The summed E-state index contributed by atoms with van der Waals surface area (Å²) in [4.78, 5) is 35.2. The van der Waals surface area contributed by atoms with Crippen molar-refractivity contribution in [1.29, 1.82) is 0 Å². The highest BCUT2D eigenvalue weighted by Gasteiger charge is 2.34. The second kappa shape index (κ2) is 3.86. The molecular weight excluding hydrogens is 220 g/mol. The van der Waals surface area contributed by atoms with Gasteiger partial charge in [-0.2, -0.15) is 0 Å². The zero-order valence-corrected chi connectivity index (χ0v) is 9.14. The average molecular weight is 230 g/mol. The van der Waals surface area contributed by atoms with E-state index in [1.807, 2.05) is 0 Å². The van der Waals surface area contributed by atoms with Gasteiger partial charge >= 0.3 is 0 Å². The number of anilines is 1. The second-order valence-electron chi connectivity index (χ2n) is 3.67. The van der Waals surface area contributed by atoms with E-state index in [1.165, 1.54) is 18.0 Å². The number of benzene rings is 1. The van der Waals surface area contributed by atoms with Crippen LogP contribution in [0.5, 0.6) is 0 Å². The second-order valence-corrected chi connectivity index (χ2v) is 3.67. The molecule has 0 bridgehead atoms. The van der Waals surface area contributed by atoms with Gasteiger partial charge in [-0.05, 0) is 17.7 Å². The smallest absolute Gasteiger partial charge is 0.299 e. The molecule has 17 heavy (non-hydrogen) atoms. The number of likely N-dealkylation sites (N-methyl/N-ethyl adjacent to an activating group) is 1. The first-order chi connectivity index (χ1) is 8.02. The third-order valence-corrected chi connectivity index (χ3v) is 2.59. The summed E-state index contributed by atoms with van der Waals surface area (Å²) in [5.74, 6) is -1.74. The fourth-order valence-electron chi connectivity index (χ4n) is 1.76. The number of nitrogens with zero attached hydrogens (tertiary/aromatic N) is 1. The summed E-state index contributed by atoms with van der Waals surface area (Å²) in [6.45, 7) is 0. The summed E-state index contributed by atoms with van der Waals surface area (Å²) in [6.07, 6.45) is 2.59. The first-order valence-electron chi connectivity index (χ1n) is 4.95. The monoisotopic (exact) mass is 230 g/mol. The summed E-state index contributed by atoms with van der Waals surface area (Å²) >= 11 is 0. The molecule has 2 N–H and O–H groups in total. The van der Waals surface area contributed by atoms with Crippen molar-refractivity contribution in [3.05, 3.63) is 35.4 Å². The summed E-state index contributed by atoms with van der Waals surface area (Å²) in [5, 5.41) is 0. The van der Waals surface area contributed by atoms with Crippen LogP contribution >= 0.6 is 0 Å². The first kappa shape index (κ1) is 11.1. The minimum atomic E-state index is -0.604. The van der Waals surface area contributed by atoms with Gasteiger partial charge in [-0.25, -0.2) is 0 Å². The van der Waals surface area contributed by atoms with Crippen LogP contribution in [-0.2, 0) is 9.59 Å². The number of Topliss-reactive ketones (excluding diaryl/α,β-unsaturated/α-hetero) is 1. The van der Waals surface area contributed by atoms with Gasteiger partial charge in [0, 0.05) is 13.1 Å². The van der Waals surface area contributed by atoms with Crippen LogP contribution in [0.2, 0.25) is 0 Å². The van der Waals surface area contributed by atoms with Crippen molar-refractivity contribution in [2.45, 2.75) is 0 Å². The van der Waals surface area contributed by atoms with Gasteiger partial charge in [-0.3, -0.25) is 14.4 Å². The first-order valence-corrected chi connectivity index (χ1v) is 4.95. The van der Waals surface area contributed by atoms with Crippen LogP contribution in [0.25, 0.3) is 6.08 Å². The summed E-state index contributed by atoms with van der Waals surface area (Å²) < 4.78 is 0. The van der Waals surface area contributed by atoms with E-state index in [2.05, 4.69) is 0 Å². The third kappa shape index (κ3) is 1.71. The van der Waals surface area contributed by atoms with E-state index >= 15 is 0 Å². The van der Waals surface area contributed by atoms with E-state index in [0.717, 1.165) is 6.08 Å². The Labute approximate surface area is 97.5 Å². The molecule has 1 heterocycles. The van der Waals surface area contributed by atoms with Gasteiger partial charge in [0.1, 0.15) is 0 Å². The standard InChI is InChI=1S/C12H10N2O3/c1-14-8-4-2-3-7(5-6-9(13)15)10(8)11(16)12(14)17/h2-6H,1H3,(H2,13,15). The van der Waals surface area contributed by atoms with Crippen LogP contribution in [-0.4, -0.2) is 24.6 Å². The molecule has 1 aliphatic heterocycles. The highest BCUT2D eigenvalue weighted by molar-refractivity contribution is 6.52. The molecular formula is C12H10N2O3. The van der Waals surface area contributed by atoms with Gasteiger partial charge in [-0.1, -0.05) is 12.1 Å². The van der Waals surface area contributed by atoms with E-state index < -0.39 is 17.6 Å². The van der Waals surface area contributed by atoms with Gasteiger partial charge in [0.25, 0.3) is 11.7 Å². The lowest BCUT2D eigenvalue weighted by Crippen LogP contribution is -2.24. The van der Waals surface area contributed by atoms with Crippen LogP contribution in [0.15, 0.2) is 24.3 Å². The Morgan fingerprint density at radius 2 is 2.06 bits per heavy atom. The number of carbonyl (C=O) groups excluding carboxylic acids is 3. The molecule has 0 fully saturated rings. The van der Waals surface area contributed by atoms with Crippen molar-refractivity contribution < 1.29 is 14.4 Å². The minimum absolute atomic E-state index is 0.317. The predicted molar refractivity (Wildman–Crippen MR) is 62.4 cm³/mol. The lowest BCUT2D eigenvalue weighted by Gasteiger charge is -2.08. The highest BCUT2D eigenvalue weighted by Crippen LogP contribution is 2.30. The molecule has 5 nitrogen and oxygen atoms in total. The largest absolute Gasteiger partial charge is 0.366 e. The fraction of sp³-hybridized carbons (Fsp3) is 0.0833. The summed E-state index contributed by atoms with van der Waals surface area (Å²) in [7, 11) is 1.54. The van der Waals surface area contributed by atoms with Crippen molar-refractivity contribution in [2.75, 3.05) is 11.9 Å². The topological polar surface area (TPSA) is 80.5 Å². The molecule has 0 aromatic heterocycles. The van der Waals surface area contributed by atoms with Crippen LogP contribution in [0.3, 0.4) is 0 Å². The van der Waals surface area contributed by atoms with Gasteiger partial charge in [0.05, 0.1) is 11.3 Å². The SMILES string of the molecule is CN1C(=O)C(=O)c2c(C=CC(N)=O)cccc21. The molecule has 1 aromatic carbocycles. The van der Waals surface area contributed by atoms with Crippen molar-refractivity contribution in [2.24, 2.45) is 5.73 Å². The number of rotatable bonds is 2. The number of fused-ring (bicyclic) bond motifs is 1. The predicted octanol–water partition coefficient (Wildman–Crippen LogP) is 0.344. The molecule has 2 rings (SSSR count). The van der Waals surface area contributed by atoms with E-state index in [-0.39, 0.29) is 0 Å². The average Bonchev–Trinajstić information content (AvgIpc) is 2.52. The van der Waals surface area contributed by atoms with E-state index in [9.17, 15) is 14.4 Å². The molecule has 5 heteroatoms. The molecule has 0 saturated carbocycles. The molecule has 1 aromatic rings. The van der Waals surface area contributed by atoms with Crippen LogP contribution < -0.4 is 10.6 Å². The van der Waals surface area contributed by atoms with Gasteiger partial charge in [-0.15, -0.1) is 0 Å². The molecule has 0 atom stereocenters. The van der Waals surface area contributed by atoms with Crippen LogP contribution in [0.1, 0.15) is 15.9 Å². The molecule has 86 valence electrons. The van der Waals surface area contributed by atoms with Gasteiger partial charge in [0.15, 0.2) is 0 Å². The number of nitrogens with two attached hydrogens (primary N) is 1. The summed E-state index contributed by atoms with van der Waals surface area (Å²) in [6, 6.07) is 5.05. The van der Waals surface area contributed by atoms with Gasteiger partial charge in [0.2, 0.25) is 5.91 Å². The quantitative estimate of drug-likeness (QED) is 0.587. The number of primary amides is 1. The van der Waals surface area contributed by atoms with Crippen LogP contribution in [0, 0.1) is 0 Å². The lowest BCUT2D eigenvalue weighted by molar-refractivity contribution is -0.114. The highest BCUT2D eigenvalue weighted by atomic mass is 16.2.